The van der Waals surface area contributed by atoms with Gasteiger partial charge in [0.15, 0.2) is 0 Å². The smallest absolute Gasteiger partial charge is 0.224 e. The zero-order valence-electron chi connectivity index (χ0n) is 14.9. The van der Waals surface area contributed by atoms with Crippen molar-refractivity contribution in [2.45, 2.75) is 32.9 Å². The van der Waals surface area contributed by atoms with Crippen molar-refractivity contribution in [1.29, 1.82) is 0 Å². The minimum atomic E-state index is 0.266. The van der Waals surface area contributed by atoms with E-state index in [1.165, 1.54) is 16.7 Å². The van der Waals surface area contributed by atoms with Crippen LogP contribution in [0.15, 0.2) is 18.2 Å². The zero-order chi connectivity index (χ0) is 16.9. The lowest BCUT2D eigenvalue weighted by Gasteiger charge is -2.28. The van der Waals surface area contributed by atoms with Crippen molar-refractivity contribution in [3.05, 3.63) is 34.9 Å². The Morgan fingerprint density at radius 2 is 2.00 bits per heavy atom. The lowest BCUT2D eigenvalue weighted by atomic mass is 10.0. The van der Waals surface area contributed by atoms with Gasteiger partial charge in [-0.05, 0) is 30.5 Å². The van der Waals surface area contributed by atoms with Crippen LogP contribution in [-0.4, -0.2) is 67.7 Å². The topological polar surface area (TPSA) is 44.8 Å². The first-order valence-electron chi connectivity index (χ1n) is 9.00. The summed E-state index contributed by atoms with van der Waals surface area (Å²) in [4.78, 5) is 16.6. The van der Waals surface area contributed by atoms with Crippen LogP contribution < -0.4 is 5.32 Å². The standard InChI is InChI=1S/C19H29N3O2/c1-15-4-3-5-17(16(15)2)13-20-18-12-19(23)22(14-18)7-6-21-8-10-24-11-9-21/h3-5,18,20H,6-14H2,1-2H3. The molecule has 2 saturated heterocycles. The Hall–Kier alpha value is -1.43. The highest BCUT2D eigenvalue weighted by Crippen LogP contribution is 2.15. The first kappa shape index (κ1) is 17.4. The van der Waals surface area contributed by atoms with E-state index in [2.05, 4.69) is 42.3 Å². The van der Waals surface area contributed by atoms with E-state index in [4.69, 9.17) is 4.74 Å². The number of ether oxygens (including phenoxy) is 1. The number of nitrogens with zero attached hydrogens (tertiary/aromatic N) is 2. The molecule has 0 spiro atoms. The fourth-order valence-corrected chi connectivity index (χ4v) is 3.47. The number of benzene rings is 1. The molecule has 0 saturated carbocycles. The lowest BCUT2D eigenvalue weighted by Crippen LogP contribution is -2.42. The number of carbonyl (C=O) groups excluding carboxylic acids is 1. The molecule has 1 amide bonds. The Bertz CT molecular complexity index is 570. The van der Waals surface area contributed by atoms with Crippen molar-refractivity contribution in [3.8, 4) is 0 Å². The van der Waals surface area contributed by atoms with E-state index in [1.54, 1.807) is 0 Å². The highest BCUT2D eigenvalue weighted by molar-refractivity contribution is 5.79. The third-order valence-corrected chi connectivity index (χ3v) is 5.30. The van der Waals surface area contributed by atoms with Crippen LogP contribution in [0.4, 0.5) is 0 Å². The van der Waals surface area contributed by atoms with Crippen LogP contribution in [0.5, 0.6) is 0 Å². The van der Waals surface area contributed by atoms with E-state index in [9.17, 15) is 4.79 Å². The number of amides is 1. The Labute approximate surface area is 145 Å². The van der Waals surface area contributed by atoms with Crippen LogP contribution in [-0.2, 0) is 16.1 Å². The number of likely N-dealkylation sites (tertiary alicyclic amines) is 1. The molecule has 5 heteroatoms. The van der Waals surface area contributed by atoms with Gasteiger partial charge in [0.05, 0.1) is 13.2 Å². The van der Waals surface area contributed by atoms with Gasteiger partial charge in [-0.2, -0.15) is 0 Å². The van der Waals surface area contributed by atoms with Crippen LogP contribution in [0, 0.1) is 13.8 Å². The first-order chi connectivity index (χ1) is 11.6. The second-order valence-electron chi connectivity index (χ2n) is 6.93. The molecule has 5 nitrogen and oxygen atoms in total. The molecule has 0 radical (unpaired) electrons. The van der Waals surface area contributed by atoms with Crippen LogP contribution in [0.25, 0.3) is 0 Å². The van der Waals surface area contributed by atoms with Gasteiger partial charge in [0, 0.05) is 51.7 Å². The number of morpholine rings is 1. The Morgan fingerprint density at radius 1 is 1.21 bits per heavy atom. The number of carbonyl (C=O) groups is 1. The average molecular weight is 331 g/mol. The van der Waals surface area contributed by atoms with Crippen molar-refractivity contribution in [2.24, 2.45) is 0 Å². The van der Waals surface area contributed by atoms with Crippen molar-refractivity contribution < 1.29 is 9.53 Å². The highest BCUT2D eigenvalue weighted by atomic mass is 16.5. The minimum Gasteiger partial charge on any atom is -0.379 e. The molecule has 2 fully saturated rings. The molecular weight excluding hydrogens is 302 g/mol. The average Bonchev–Trinajstić information content (AvgIpc) is 2.95. The third kappa shape index (κ3) is 4.35. The molecule has 2 aliphatic rings. The van der Waals surface area contributed by atoms with E-state index < -0.39 is 0 Å². The van der Waals surface area contributed by atoms with E-state index >= 15 is 0 Å². The molecule has 1 aromatic rings. The second kappa shape index (κ2) is 8.10. The number of rotatable bonds is 6. The van der Waals surface area contributed by atoms with Gasteiger partial charge in [-0.3, -0.25) is 9.69 Å². The van der Waals surface area contributed by atoms with Crippen molar-refractivity contribution in [2.75, 3.05) is 45.9 Å². The van der Waals surface area contributed by atoms with Crippen LogP contribution in [0.3, 0.4) is 0 Å². The second-order valence-corrected chi connectivity index (χ2v) is 6.93. The molecule has 1 N–H and O–H groups in total. The summed E-state index contributed by atoms with van der Waals surface area (Å²) in [5, 5.41) is 3.57. The van der Waals surface area contributed by atoms with Gasteiger partial charge in [-0.1, -0.05) is 18.2 Å². The first-order valence-corrected chi connectivity index (χ1v) is 9.00. The predicted octanol–water partition coefficient (Wildman–Crippen LogP) is 1.33. The molecule has 0 aromatic heterocycles. The maximum absolute atomic E-state index is 12.2. The quantitative estimate of drug-likeness (QED) is 0.854. The maximum atomic E-state index is 12.2. The van der Waals surface area contributed by atoms with Crippen LogP contribution in [0.1, 0.15) is 23.1 Å². The van der Waals surface area contributed by atoms with E-state index in [-0.39, 0.29) is 11.9 Å². The van der Waals surface area contributed by atoms with Gasteiger partial charge in [0.2, 0.25) is 5.91 Å². The summed E-state index contributed by atoms with van der Waals surface area (Å²) in [5.41, 5.74) is 4.00. The zero-order valence-corrected chi connectivity index (χ0v) is 14.9. The summed E-state index contributed by atoms with van der Waals surface area (Å²) >= 11 is 0. The molecule has 0 bridgehead atoms. The molecule has 3 rings (SSSR count). The minimum absolute atomic E-state index is 0.266. The highest BCUT2D eigenvalue weighted by Gasteiger charge is 2.29. The summed E-state index contributed by atoms with van der Waals surface area (Å²) in [5.74, 6) is 0.279. The van der Waals surface area contributed by atoms with Crippen molar-refractivity contribution >= 4 is 5.91 Å². The molecule has 2 heterocycles. The van der Waals surface area contributed by atoms with Gasteiger partial charge in [-0.25, -0.2) is 0 Å². The predicted molar refractivity (Wildman–Crippen MR) is 95.0 cm³/mol. The van der Waals surface area contributed by atoms with Crippen molar-refractivity contribution in [1.82, 2.24) is 15.1 Å². The number of aryl methyl sites for hydroxylation is 1. The Balaban J connectivity index is 1.45. The molecule has 1 aromatic carbocycles. The number of hydrogen-bond acceptors (Lipinski definition) is 4. The number of hydrogen-bond donors (Lipinski definition) is 1. The van der Waals surface area contributed by atoms with E-state index in [0.717, 1.165) is 52.5 Å². The lowest BCUT2D eigenvalue weighted by molar-refractivity contribution is -0.128. The Kier molecular flexibility index (Phi) is 5.87. The molecular formula is C19H29N3O2. The maximum Gasteiger partial charge on any atom is 0.224 e. The van der Waals surface area contributed by atoms with Gasteiger partial charge in [0.1, 0.15) is 0 Å². The van der Waals surface area contributed by atoms with Gasteiger partial charge >= 0.3 is 0 Å². The molecule has 1 unspecified atom stereocenters. The molecule has 1 atom stereocenters. The summed E-state index contributed by atoms with van der Waals surface area (Å²) < 4.78 is 5.37. The van der Waals surface area contributed by atoms with Crippen molar-refractivity contribution in [3.63, 3.8) is 0 Å². The van der Waals surface area contributed by atoms with E-state index in [0.29, 0.717) is 6.42 Å². The van der Waals surface area contributed by atoms with E-state index in [1.807, 2.05) is 4.90 Å². The van der Waals surface area contributed by atoms with Crippen LogP contribution in [0.2, 0.25) is 0 Å². The fraction of sp³-hybridized carbons (Fsp3) is 0.632. The summed E-state index contributed by atoms with van der Waals surface area (Å²) in [7, 11) is 0. The van der Waals surface area contributed by atoms with Gasteiger partial charge < -0.3 is 15.0 Å². The molecule has 24 heavy (non-hydrogen) atoms. The summed E-state index contributed by atoms with van der Waals surface area (Å²) in [6.45, 7) is 11.4. The largest absolute Gasteiger partial charge is 0.379 e. The Morgan fingerprint density at radius 3 is 2.79 bits per heavy atom. The summed E-state index contributed by atoms with van der Waals surface area (Å²) in [6, 6.07) is 6.68. The SMILES string of the molecule is Cc1cccc(CNC2CC(=O)N(CCN3CCOCC3)C2)c1C. The normalized spacial score (nSPS) is 22.3. The third-order valence-electron chi connectivity index (χ3n) is 5.30. The molecule has 132 valence electrons. The number of nitrogens with one attached hydrogen (secondary N) is 1. The fourth-order valence-electron chi connectivity index (χ4n) is 3.47. The monoisotopic (exact) mass is 331 g/mol. The summed E-state index contributed by atoms with van der Waals surface area (Å²) in [6.07, 6.45) is 0.619. The van der Waals surface area contributed by atoms with Crippen LogP contribution >= 0.6 is 0 Å². The molecule has 2 aliphatic heterocycles. The van der Waals surface area contributed by atoms with Gasteiger partial charge in [-0.15, -0.1) is 0 Å². The molecule has 0 aliphatic carbocycles. The van der Waals surface area contributed by atoms with Gasteiger partial charge in [0.25, 0.3) is 0 Å².